The summed E-state index contributed by atoms with van der Waals surface area (Å²) in [7, 11) is 9.74. The molecule has 10 nitrogen and oxygen atoms in total. The second kappa shape index (κ2) is 15.5. The lowest BCUT2D eigenvalue weighted by atomic mass is 9.95. The molecule has 248 valence electrons. The van der Waals surface area contributed by atoms with E-state index in [1.165, 1.54) is 33.0 Å². The van der Waals surface area contributed by atoms with Crippen LogP contribution in [0.5, 0.6) is 23.0 Å². The largest absolute Gasteiger partial charge is 0.493 e. The minimum Gasteiger partial charge on any atom is -0.493 e. The quantitative estimate of drug-likeness (QED) is 0.130. The minimum absolute atomic E-state index is 0. The molecule has 12 heteroatoms. The summed E-state index contributed by atoms with van der Waals surface area (Å²) in [6.45, 7) is 0.291. The molecule has 0 spiro atoms. The molecule has 1 aromatic heterocycles. The number of ether oxygens (including phenoxy) is 5. The van der Waals surface area contributed by atoms with E-state index in [0.29, 0.717) is 62.9 Å². The topological polar surface area (TPSA) is 114 Å². The third-order valence-corrected chi connectivity index (χ3v) is 7.47. The van der Waals surface area contributed by atoms with Gasteiger partial charge in [0.1, 0.15) is 18.1 Å². The van der Waals surface area contributed by atoms with E-state index < -0.39 is 11.5 Å². The fourth-order valence-corrected chi connectivity index (χ4v) is 5.24. The Labute approximate surface area is 285 Å². The van der Waals surface area contributed by atoms with E-state index in [2.05, 4.69) is 0 Å². The van der Waals surface area contributed by atoms with Crippen LogP contribution in [-0.2, 0) is 11.3 Å². The van der Waals surface area contributed by atoms with Crippen molar-refractivity contribution in [1.29, 1.82) is 0 Å². The first-order valence-electron chi connectivity index (χ1n) is 14.1. The number of nitrogen functional groups attached to an aromatic ring is 1. The van der Waals surface area contributed by atoms with Crippen LogP contribution >= 0.6 is 24.8 Å². The lowest BCUT2D eigenvalue weighted by Gasteiger charge is -2.21. The number of hydrogen-bond acceptors (Lipinski definition) is 9. The fourth-order valence-electron chi connectivity index (χ4n) is 5.24. The molecule has 0 radical (unpaired) electrons. The predicted octanol–water partition coefficient (Wildman–Crippen LogP) is 6.54. The van der Waals surface area contributed by atoms with E-state index in [0.717, 1.165) is 11.3 Å². The first-order chi connectivity index (χ1) is 21.7. The third-order valence-electron chi connectivity index (χ3n) is 7.47. The number of benzene rings is 4. The monoisotopic (exact) mass is 681 g/mol. The molecule has 2 N–H and O–H groups in total. The zero-order valence-corrected chi connectivity index (χ0v) is 28.5. The lowest BCUT2D eigenvalue weighted by Crippen LogP contribution is -2.27. The number of esters is 1. The summed E-state index contributed by atoms with van der Waals surface area (Å²) in [6.07, 6.45) is 0. The Morgan fingerprint density at radius 3 is 2.04 bits per heavy atom. The second-order valence-electron chi connectivity index (χ2n) is 10.4. The molecule has 5 aromatic rings. The van der Waals surface area contributed by atoms with Crippen molar-refractivity contribution in [2.24, 2.45) is 0 Å². The molecule has 5 rings (SSSR count). The van der Waals surface area contributed by atoms with E-state index in [4.69, 9.17) is 29.4 Å². The molecular weight excluding hydrogens is 645 g/mol. The number of halogens is 2. The number of carbonyl (C=O) groups is 1. The van der Waals surface area contributed by atoms with Crippen LogP contribution in [0.25, 0.3) is 27.6 Å². The van der Waals surface area contributed by atoms with Gasteiger partial charge in [-0.25, -0.2) is 4.79 Å². The average Bonchev–Trinajstić information content (AvgIpc) is 3.06. The highest BCUT2D eigenvalue weighted by Crippen LogP contribution is 2.44. The van der Waals surface area contributed by atoms with E-state index in [-0.39, 0.29) is 30.5 Å². The maximum atomic E-state index is 14.3. The lowest BCUT2D eigenvalue weighted by molar-refractivity contribution is 0.0591. The average molecular weight is 683 g/mol. The maximum Gasteiger partial charge on any atom is 0.355 e. The molecule has 47 heavy (non-hydrogen) atoms. The van der Waals surface area contributed by atoms with Crippen molar-refractivity contribution >= 4 is 52.9 Å². The number of nitrogens with two attached hydrogens (primary N) is 1. The highest BCUT2D eigenvalue weighted by molar-refractivity contribution is 6.08. The van der Waals surface area contributed by atoms with Gasteiger partial charge in [-0.05, 0) is 83.2 Å². The molecular formula is C35H37Cl2N3O7. The number of fused-ring (bicyclic) bond motifs is 1. The first kappa shape index (κ1) is 36.4. The summed E-state index contributed by atoms with van der Waals surface area (Å²) < 4.78 is 29.5. The molecule has 0 aliphatic heterocycles. The third kappa shape index (κ3) is 7.19. The molecule has 0 aliphatic carbocycles. The highest BCUT2D eigenvalue weighted by atomic mass is 35.5. The van der Waals surface area contributed by atoms with Crippen molar-refractivity contribution in [2.75, 3.05) is 53.2 Å². The van der Waals surface area contributed by atoms with Crippen LogP contribution in [0.2, 0.25) is 0 Å². The summed E-state index contributed by atoms with van der Waals surface area (Å²) in [6, 6.07) is 23.3. The smallest absolute Gasteiger partial charge is 0.355 e. The van der Waals surface area contributed by atoms with Crippen molar-refractivity contribution in [3.63, 3.8) is 0 Å². The van der Waals surface area contributed by atoms with Gasteiger partial charge in [0.25, 0.3) is 5.56 Å². The first-order valence-corrected chi connectivity index (χ1v) is 14.1. The fraction of sp³-hybridized carbons (Fsp3) is 0.200. The van der Waals surface area contributed by atoms with Crippen LogP contribution in [0, 0.1) is 0 Å². The SMILES string of the molecule is COC(=O)c1c(-c2cc(OC)c(OC)c(OC)c2)c2ccc(OCc3cccc(N(C)C)c3)cc2c(=O)n1-c1ccc(N)cc1.Cl.Cl. The summed E-state index contributed by atoms with van der Waals surface area (Å²) in [4.78, 5) is 29.9. The van der Waals surface area contributed by atoms with Crippen LogP contribution in [0.15, 0.2) is 83.7 Å². The molecule has 0 fully saturated rings. The summed E-state index contributed by atoms with van der Waals surface area (Å²) >= 11 is 0. The van der Waals surface area contributed by atoms with Gasteiger partial charge in [-0.1, -0.05) is 12.1 Å². The highest BCUT2D eigenvalue weighted by Gasteiger charge is 2.27. The van der Waals surface area contributed by atoms with Gasteiger partial charge >= 0.3 is 5.97 Å². The molecule has 1 heterocycles. The van der Waals surface area contributed by atoms with Gasteiger partial charge in [0, 0.05) is 36.7 Å². The number of carbonyl (C=O) groups excluding carboxylic acids is 1. The summed E-state index contributed by atoms with van der Waals surface area (Å²) in [5.41, 5.74) is 9.45. The molecule has 0 saturated carbocycles. The molecule has 4 aromatic carbocycles. The number of pyridine rings is 1. The molecule has 0 atom stereocenters. The van der Waals surface area contributed by atoms with E-state index in [1.807, 2.05) is 43.3 Å². The number of anilines is 2. The van der Waals surface area contributed by atoms with E-state index in [9.17, 15) is 9.59 Å². The van der Waals surface area contributed by atoms with Crippen molar-refractivity contribution < 1.29 is 28.5 Å². The van der Waals surface area contributed by atoms with Crippen LogP contribution in [-0.4, -0.2) is 53.1 Å². The van der Waals surface area contributed by atoms with Crippen LogP contribution in [0.1, 0.15) is 16.1 Å². The molecule has 0 unspecified atom stereocenters. The van der Waals surface area contributed by atoms with E-state index >= 15 is 0 Å². The Kier molecular flexibility index (Phi) is 12.0. The van der Waals surface area contributed by atoms with Crippen molar-refractivity contribution in [1.82, 2.24) is 4.57 Å². The number of hydrogen-bond donors (Lipinski definition) is 1. The van der Waals surface area contributed by atoms with E-state index in [1.54, 1.807) is 54.6 Å². The van der Waals surface area contributed by atoms with Gasteiger partial charge in [-0.15, -0.1) is 24.8 Å². The number of nitrogens with zero attached hydrogens (tertiary/aromatic N) is 2. The normalized spacial score (nSPS) is 10.3. The molecule has 0 saturated heterocycles. The van der Waals surface area contributed by atoms with Gasteiger partial charge in [-0.2, -0.15) is 0 Å². The van der Waals surface area contributed by atoms with Crippen LogP contribution in [0.3, 0.4) is 0 Å². The van der Waals surface area contributed by atoms with Gasteiger partial charge in [0.05, 0.1) is 33.8 Å². The van der Waals surface area contributed by atoms with Gasteiger partial charge in [-0.3, -0.25) is 9.36 Å². The Bertz CT molecular complexity index is 1920. The van der Waals surface area contributed by atoms with Crippen molar-refractivity contribution in [2.45, 2.75) is 6.61 Å². The Morgan fingerprint density at radius 1 is 0.809 bits per heavy atom. The van der Waals surface area contributed by atoms with Crippen molar-refractivity contribution in [3.8, 4) is 39.8 Å². The maximum absolute atomic E-state index is 14.3. The molecule has 0 amide bonds. The predicted molar refractivity (Wildman–Crippen MR) is 190 cm³/mol. The number of methoxy groups -OCH3 is 4. The number of aromatic nitrogens is 1. The van der Waals surface area contributed by atoms with Gasteiger partial charge in [0.2, 0.25) is 5.75 Å². The Morgan fingerprint density at radius 2 is 1.47 bits per heavy atom. The molecule has 0 aliphatic rings. The second-order valence-corrected chi connectivity index (χ2v) is 10.4. The summed E-state index contributed by atoms with van der Waals surface area (Å²) in [5, 5.41) is 0.825. The zero-order chi connectivity index (χ0) is 32.2. The Hall–Kier alpha value is -5.06. The van der Waals surface area contributed by atoms with Gasteiger partial charge < -0.3 is 34.3 Å². The van der Waals surface area contributed by atoms with Crippen LogP contribution in [0.4, 0.5) is 11.4 Å². The standard InChI is InChI=1S/C35H35N3O7.2ClH/c1-37(2)25-9-7-8-21(16-25)20-45-26-14-15-27-28(19-26)34(39)38(24-12-10-23(36)11-13-24)32(35(40)44-6)31(27)22-17-29(41-3)33(43-5)30(18-22)42-4;;/h7-19H,20,36H2,1-6H3;2*1H. The summed E-state index contributed by atoms with van der Waals surface area (Å²) in [5.74, 6) is 0.909. The number of rotatable bonds is 10. The Balaban J connectivity index is 0.00000300. The zero-order valence-electron chi connectivity index (χ0n) is 26.9. The van der Waals surface area contributed by atoms with Crippen molar-refractivity contribution in [3.05, 3.63) is 100 Å². The molecule has 0 bridgehead atoms. The minimum atomic E-state index is -0.712. The van der Waals surface area contributed by atoms with Crippen LogP contribution < -0.4 is 35.1 Å². The van der Waals surface area contributed by atoms with Gasteiger partial charge in [0.15, 0.2) is 11.5 Å².